The molecular formula is C56H36N6. The van der Waals surface area contributed by atoms with Crippen molar-refractivity contribution in [3.8, 4) is 45.3 Å². The molecule has 6 heteroatoms. The summed E-state index contributed by atoms with van der Waals surface area (Å²) in [5, 5.41) is 9.75. The van der Waals surface area contributed by atoms with E-state index in [1.807, 2.05) is 36.9 Å². The second-order valence-electron chi connectivity index (χ2n) is 16.8. The highest BCUT2D eigenvalue weighted by Gasteiger charge is 2.33. The smallest absolute Gasteiger partial charge is 0.137 e. The van der Waals surface area contributed by atoms with E-state index in [9.17, 15) is 0 Å². The van der Waals surface area contributed by atoms with E-state index >= 15 is 0 Å². The lowest BCUT2D eigenvalue weighted by Crippen LogP contribution is -2.16. The Labute approximate surface area is 356 Å². The molecule has 0 atom stereocenters. The third-order valence-electron chi connectivity index (χ3n) is 13.7. The van der Waals surface area contributed by atoms with E-state index in [4.69, 9.17) is 19.9 Å². The minimum absolute atomic E-state index is 0.934. The second-order valence-corrected chi connectivity index (χ2v) is 16.8. The van der Waals surface area contributed by atoms with Crippen LogP contribution < -0.4 is 0 Å². The molecule has 0 radical (unpaired) electrons. The molecule has 62 heavy (non-hydrogen) atoms. The molecule has 6 heterocycles. The van der Waals surface area contributed by atoms with Crippen molar-refractivity contribution in [1.82, 2.24) is 29.1 Å². The Morgan fingerprint density at radius 3 is 1.29 bits per heavy atom. The first-order valence-corrected chi connectivity index (χ1v) is 21.5. The topological polar surface area (TPSA) is 61.4 Å². The summed E-state index contributed by atoms with van der Waals surface area (Å²) in [6.45, 7) is 0. The fourth-order valence-electron chi connectivity index (χ4n) is 11.1. The van der Waals surface area contributed by atoms with Gasteiger partial charge in [-0.15, -0.1) is 0 Å². The van der Waals surface area contributed by atoms with Crippen LogP contribution in [0.2, 0.25) is 0 Å². The van der Waals surface area contributed by atoms with Gasteiger partial charge in [0, 0.05) is 68.2 Å². The molecule has 0 spiro atoms. The zero-order valence-corrected chi connectivity index (χ0v) is 33.7. The summed E-state index contributed by atoms with van der Waals surface area (Å²) in [7, 11) is 0. The van der Waals surface area contributed by atoms with Crippen LogP contribution in [0.4, 0.5) is 0 Å². The van der Waals surface area contributed by atoms with Crippen molar-refractivity contribution in [1.29, 1.82) is 0 Å². The largest absolute Gasteiger partial charge is 0.293 e. The lowest BCUT2D eigenvalue weighted by molar-refractivity contribution is 0.881. The first-order chi connectivity index (χ1) is 30.8. The zero-order valence-electron chi connectivity index (χ0n) is 33.7. The van der Waals surface area contributed by atoms with Crippen molar-refractivity contribution in [3.63, 3.8) is 0 Å². The summed E-state index contributed by atoms with van der Waals surface area (Å²) in [4.78, 5) is 19.8. The van der Waals surface area contributed by atoms with Crippen LogP contribution in [0, 0.1) is 0 Å². The summed E-state index contributed by atoms with van der Waals surface area (Å²) in [5.41, 5.74) is 17.6. The first kappa shape index (κ1) is 33.8. The van der Waals surface area contributed by atoms with E-state index in [-0.39, 0.29) is 0 Å². The lowest BCUT2D eigenvalue weighted by atomic mass is 9.74. The highest BCUT2D eigenvalue weighted by Crippen LogP contribution is 2.51. The van der Waals surface area contributed by atoms with Crippen LogP contribution in [0.25, 0.3) is 110 Å². The van der Waals surface area contributed by atoms with Crippen LogP contribution >= 0.6 is 0 Å². The van der Waals surface area contributed by atoms with E-state index in [0.717, 1.165) is 81.6 Å². The fourth-order valence-corrected chi connectivity index (χ4v) is 11.1. The molecule has 0 N–H and O–H groups in total. The van der Waals surface area contributed by atoms with Crippen molar-refractivity contribution in [2.24, 2.45) is 0 Å². The Bertz CT molecular complexity index is 3600. The van der Waals surface area contributed by atoms with E-state index in [0.29, 0.717) is 0 Å². The maximum Gasteiger partial charge on any atom is 0.137 e. The number of hydrogen-bond acceptors (Lipinski definition) is 4. The zero-order chi connectivity index (χ0) is 40.5. The van der Waals surface area contributed by atoms with Crippen molar-refractivity contribution in [2.75, 3.05) is 0 Å². The van der Waals surface area contributed by atoms with Gasteiger partial charge < -0.3 is 0 Å². The predicted molar refractivity (Wildman–Crippen MR) is 252 cm³/mol. The van der Waals surface area contributed by atoms with Crippen LogP contribution in [0.15, 0.2) is 170 Å². The minimum atomic E-state index is 0.934. The maximum absolute atomic E-state index is 4.98. The molecule has 12 aromatic rings. The number of pyridine rings is 4. The molecule has 290 valence electrons. The monoisotopic (exact) mass is 792 g/mol. The summed E-state index contributed by atoms with van der Waals surface area (Å²) >= 11 is 0. The molecule has 2 aliphatic carbocycles. The standard InChI is InChI=1S/C56H36N6/c1-3-11-39-33(9-1)23-27-59-53(39)37-17-21-47-43(31-37)45-29-35-15-20-42-52-36(16-19-41(51(35)52)55(45)61(47)49-13-5-7-25-57-49)30-46-44-32-38(54-40-12-4-2-10-34(40)24-28-60-54)18-22-48(44)62(56(42)46)50-14-6-8-26-58-50/h1-14,17-18,21-32H,15-16,19-20H2. The van der Waals surface area contributed by atoms with Gasteiger partial charge in [-0.3, -0.25) is 19.1 Å². The average Bonchev–Trinajstić information content (AvgIpc) is 3.85. The molecular weight excluding hydrogens is 757 g/mol. The summed E-state index contributed by atoms with van der Waals surface area (Å²) in [5.74, 6) is 1.87. The number of aromatic nitrogens is 6. The molecule has 6 aromatic heterocycles. The molecule has 6 nitrogen and oxygen atoms in total. The van der Waals surface area contributed by atoms with Crippen molar-refractivity contribution in [2.45, 2.75) is 25.7 Å². The molecule has 6 aromatic carbocycles. The van der Waals surface area contributed by atoms with E-state index in [2.05, 4.69) is 143 Å². The Morgan fingerprint density at radius 1 is 0.355 bits per heavy atom. The number of hydrogen-bond donors (Lipinski definition) is 0. The number of fused-ring (bicyclic) bond motifs is 10. The molecule has 0 unspecified atom stereocenters. The number of nitrogens with zero attached hydrogens (tertiary/aromatic N) is 6. The normalized spacial score (nSPS) is 13.2. The van der Waals surface area contributed by atoms with Gasteiger partial charge in [0.1, 0.15) is 11.6 Å². The van der Waals surface area contributed by atoms with Gasteiger partial charge in [-0.25, -0.2) is 9.97 Å². The third kappa shape index (κ3) is 4.69. The fraction of sp³-hybridized carbons (Fsp3) is 0.0714. The molecule has 2 aliphatic rings. The van der Waals surface area contributed by atoms with Crippen LogP contribution in [0.1, 0.15) is 22.3 Å². The van der Waals surface area contributed by atoms with Crippen molar-refractivity contribution >= 4 is 65.2 Å². The highest BCUT2D eigenvalue weighted by atomic mass is 15.1. The van der Waals surface area contributed by atoms with Crippen LogP contribution in [-0.2, 0) is 25.7 Å². The number of rotatable bonds is 4. The van der Waals surface area contributed by atoms with E-state index in [1.165, 1.54) is 76.7 Å². The van der Waals surface area contributed by atoms with Gasteiger partial charge in [0.25, 0.3) is 0 Å². The maximum atomic E-state index is 4.98. The molecule has 0 saturated carbocycles. The van der Waals surface area contributed by atoms with E-state index < -0.39 is 0 Å². The number of benzene rings is 6. The quantitative estimate of drug-likeness (QED) is 0.178. The molecule has 0 aliphatic heterocycles. The molecule has 14 rings (SSSR count). The molecule has 0 bridgehead atoms. The Kier molecular flexibility index (Phi) is 6.97. The van der Waals surface area contributed by atoms with Crippen molar-refractivity contribution in [3.05, 3.63) is 193 Å². The predicted octanol–water partition coefficient (Wildman–Crippen LogP) is 13.0. The average molecular weight is 793 g/mol. The third-order valence-corrected chi connectivity index (χ3v) is 13.7. The van der Waals surface area contributed by atoms with Gasteiger partial charge in [0.15, 0.2) is 0 Å². The van der Waals surface area contributed by atoms with Crippen LogP contribution in [0.5, 0.6) is 0 Å². The van der Waals surface area contributed by atoms with E-state index in [1.54, 1.807) is 0 Å². The molecule has 0 fully saturated rings. The van der Waals surface area contributed by atoms with Gasteiger partial charge in [-0.05, 0) is 143 Å². The Hall–Kier alpha value is -7.96. The minimum Gasteiger partial charge on any atom is -0.293 e. The summed E-state index contributed by atoms with van der Waals surface area (Å²) < 4.78 is 4.85. The lowest BCUT2D eigenvalue weighted by Gasteiger charge is -2.31. The molecule has 0 saturated heterocycles. The highest BCUT2D eigenvalue weighted by molar-refractivity contribution is 6.17. The van der Waals surface area contributed by atoms with Crippen LogP contribution in [0.3, 0.4) is 0 Å². The van der Waals surface area contributed by atoms with Gasteiger partial charge in [-0.1, -0.05) is 72.8 Å². The Morgan fingerprint density at radius 2 is 0.823 bits per heavy atom. The second kappa shape index (κ2) is 12.8. The Balaban J connectivity index is 1.05. The first-order valence-electron chi connectivity index (χ1n) is 21.5. The van der Waals surface area contributed by atoms with Gasteiger partial charge in [0.2, 0.25) is 0 Å². The molecule has 0 amide bonds. The van der Waals surface area contributed by atoms with Gasteiger partial charge >= 0.3 is 0 Å². The number of aryl methyl sites for hydroxylation is 4. The van der Waals surface area contributed by atoms with Crippen LogP contribution in [-0.4, -0.2) is 29.1 Å². The van der Waals surface area contributed by atoms with Gasteiger partial charge in [0.05, 0.1) is 33.5 Å². The van der Waals surface area contributed by atoms with Gasteiger partial charge in [-0.2, -0.15) is 0 Å². The SMILES string of the molecule is c1ccc(-n2c3ccc(-c4nccc5ccccc45)cc3c3cc4c5c(c32)CCc2cc3c6cc(-c7nccc8ccccc78)ccc6n(-c6ccccn6)c3c(c2-5)CC4)nc1. The summed E-state index contributed by atoms with van der Waals surface area (Å²) in [6, 6.07) is 52.6. The van der Waals surface area contributed by atoms with Crippen molar-refractivity contribution < 1.29 is 0 Å². The summed E-state index contributed by atoms with van der Waals surface area (Å²) in [6.07, 6.45) is 11.5.